The van der Waals surface area contributed by atoms with Gasteiger partial charge in [-0.25, -0.2) is 4.39 Å². The molecule has 0 aliphatic carbocycles. The summed E-state index contributed by atoms with van der Waals surface area (Å²) in [6.45, 7) is 0.370. The molecular weight excluding hydrogens is 188 g/mol. The van der Waals surface area contributed by atoms with Crippen LogP contribution in [-0.2, 0) is 0 Å². The fourth-order valence-corrected chi connectivity index (χ4v) is 0.866. The number of phenols is 1. The Morgan fingerprint density at radius 2 is 2.00 bits per heavy atom. The topological polar surface area (TPSA) is 46.2 Å². The molecule has 14 heavy (non-hydrogen) atoms. The number of benzene rings is 1. The van der Waals surface area contributed by atoms with Crippen LogP contribution in [0.25, 0.3) is 0 Å². The van der Waals surface area contributed by atoms with Gasteiger partial charge in [-0.2, -0.15) is 4.39 Å². The molecule has 1 aromatic rings. The Morgan fingerprint density at radius 1 is 1.29 bits per heavy atom. The number of nitrogens with two attached hydrogens (primary N) is 1. The van der Waals surface area contributed by atoms with Crippen LogP contribution >= 0.6 is 0 Å². The Kier molecular flexibility index (Phi) is 3.43. The summed E-state index contributed by atoms with van der Waals surface area (Å²) in [4.78, 5) is 0. The van der Waals surface area contributed by atoms with E-state index in [9.17, 15) is 8.78 Å². The number of hydrogen-bond acceptors (Lipinski definition) is 2. The van der Waals surface area contributed by atoms with Crippen molar-refractivity contribution in [2.45, 2.75) is 6.42 Å². The number of phenolic OH excluding ortho intramolecular Hbond substituents is 1. The van der Waals surface area contributed by atoms with Gasteiger partial charge in [0.25, 0.3) is 0 Å². The van der Waals surface area contributed by atoms with Crippen molar-refractivity contribution < 1.29 is 13.9 Å². The van der Waals surface area contributed by atoms with E-state index < -0.39 is 17.4 Å². The molecule has 0 fully saturated rings. The van der Waals surface area contributed by atoms with Crippen LogP contribution in [0.15, 0.2) is 12.1 Å². The lowest BCUT2D eigenvalue weighted by molar-refractivity contribution is 0.406. The van der Waals surface area contributed by atoms with Gasteiger partial charge in [-0.3, -0.25) is 0 Å². The monoisotopic (exact) mass is 197 g/mol. The van der Waals surface area contributed by atoms with Crippen molar-refractivity contribution in [1.82, 2.24) is 0 Å². The predicted molar refractivity (Wildman–Crippen MR) is 48.6 cm³/mol. The van der Waals surface area contributed by atoms with Crippen LogP contribution < -0.4 is 5.73 Å². The minimum atomic E-state index is -1.27. The summed E-state index contributed by atoms with van der Waals surface area (Å²) in [6.07, 6.45) is 0.419. The molecule has 0 heterocycles. The molecule has 0 aliphatic heterocycles. The minimum absolute atomic E-state index is 0.0752. The zero-order valence-corrected chi connectivity index (χ0v) is 7.35. The Morgan fingerprint density at radius 3 is 2.64 bits per heavy atom. The summed E-state index contributed by atoms with van der Waals surface area (Å²) in [7, 11) is 0. The molecule has 4 heteroatoms. The smallest absolute Gasteiger partial charge is 0.201 e. The van der Waals surface area contributed by atoms with Crippen molar-refractivity contribution >= 4 is 0 Å². The number of halogens is 2. The van der Waals surface area contributed by atoms with E-state index in [-0.39, 0.29) is 5.56 Å². The van der Waals surface area contributed by atoms with Crippen LogP contribution in [0.3, 0.4) is 0 Å². The van der Waals surface area contributed by atoms with Gasteiger partial charge in [-0.05, 0) is 12.1 Å². The fraction of sp³-hybridized carbons (Fsp3) is 0.200. The van der Waals surface area contributed by atoms with Crippen LogP contribution in [0.4, 0.5) is 8.78 Å². The summed E-state index contributed by atoms with van der Waals surface area (Å²) in [6, 6.07) is 2.28. The molecule has 0 bridgehead atoms. The highest BCUT2D eigenvalue weighted by atomic mass is 19.2. The average molecular weight is 197 g/mol. The third-order valence-corrected chi connectivity index (χ3v) is 1.55. The van der Waals surface area contributed by atoms with E-state index in [4.69, 9.17) is 10.8 Å². The van der Waals surface area contributed by atoms with Gasteiger partial charge in [0.1, 0.15) is 0 Å². The van der Waals surface area contributed by atoms with Crippen molar-refractivity contribution in [2.24, 2.45) is 5.73 Å². The van der Waals surface area contributed by atoms with Crippen LogP contribution in [-0.4, -0.2) is 11.7 Å². The second-order valence-corrected chi connectivity index (χ2v) is 2.60. The molecule has 0 saturated heterocycles. The molecule has 1 rings (SSSR count). The van der Waals surface area contributed by atoms with Crippen molar-refractivity contribution in [3.05, 3.63) is 29.3 Å². The van der Waals surface area contributed by atoms with Crippen LogP contribution in [0.5, 0.6) is 5.75 Å². The largest absolute Gasteiger partial charge is 0.505 e. The number of rotatable bonds is 1. The summed E-state index contributed by atoms with van der Waals surface area (Å²) >= 11 is 0. The highest BCUT2D eigenvalue weighted by Crippen LogP contribution is 2.20. The minimum Gasteiger partial charge on any atom is -0.505 e. The summed E-state index contributed by atoms with van der Waals surface area (Å²) < 4.78 is 25.8. The Bertz CT molecular complexity index is 393. The van der Waals surface area contributed by atoms with Crippen molar-refractivity contribution in [3.63, 3.8) is 0 Å². The van der Waals surface area contributed by atoms with Gasteiger partial charge < -0.3 is 10.8 Å². The first kappa shape index (κ1) is 10.5. The molecule has 0 unspecified atom stereocenters. The van der Waals surface area contributed by atoms with Gasteiger partial charge in [-0.15, -0.1) is 0 Å². The molecule has 0 amide bonds. The molecule has 0 saturated carbocycles. The summed E-state index contributed by atoms with van der Waals surface area (Å²) in [5.74, 6) is 1.88. The van der Waals surface area contributed by atoms with Gasteiger partial charge in [0.2, 0.25) is 5.82 Å². The molecular formula is C10H9F2NO. The first-order chi connectivity index (χ1) is 6.66. The second-order valence-electron chi connectivity index (χ2n) is 2.60. The molecule has 0 spiro atoms. The maximum Gasteiger partial charge on any atom is 0.201 e. The van der Waals surface area contributed by atoms with Gasteiger partial charge in [0.15, 0.2) is 11.6 Å². The fourth-order valence-electron chi connectivity index (χ4n) is 0.866. The second kappa shape index (κ2) is 4.58. The lowest BCUT2D eigenvalue weighted by atomic mass is 10.2. The van der Waals surface area contributed by atoms with Crippen LogP contribution in [0.1, 0.15) is 12.0 Å². The standard InChI is InChI=1S/C10H9F2NO/c11-9-7(3-1-2-6-13)4-5-8(14)10(9)12/h4-5,14H,2,6,13H2. The molecule has 0 atom stereocenters. The van der Waals surface area contributed by atoms with Crippen LogP contribution in [0.2, 0.25) is 0 Å². The lowest BCUT2D eigenvalue weighted by Crippen LogP contribution is -1.96. The first-order valence-corrected chi connectivity index (χ1v) is 4.02. The molecule has 1 aromatic carbocycles. The number of hydrogen-bond donors (Lipinski definition) is 2. The third kappa shape index (κ3) is 2.21. The lowest BCUT2D eigenvalue weighted by Gasteiger charge is -1.98. The molecule has 3 N–H and O–H groups in total. The maximum absolute atomic E-state index is 13.0. The predicted octanol–water partition coefficient (Wildman–Crippen LogP) is 1.37. The van der Waals surface area contributed by atoms with Gasteiger partial charge in [-0.1, -0.05) is 11.8 Å². The van der Waals surface area contributed by atoms with Gasteiger partial charge in [0.05, 0.1) is 5.56 Å². The van der Waals surface area contributed by atoms with Crippen LogP contribution in [0, 0.1) is 23.5 Å². The molecule has 0 aliphatic rings. The van der Waals surface area contributed by atoms with E-state index in [1.54, 1.807) is 0 Å². The van der Waals surface area contributed by atoms with E-state index in [1.165, 1.54) is 6.07 Å². The Labute approximate surface area is 80.4 Å². The normalized spacial score (nSPS) is 9.36. The van der Waals surface area contributed by atoms with E-state index >= 15 is 0 Å². The zero-order chi connectivity index (χ0) is 10.6. The first-order valence-electron chi connectivity index (χ1n) is 4.02. The van der Waals surface area contributed by atoms with E-state index in [1.807, 2.05) is 0 Å². The van der Waals surface area contributed by atoms with Crippen molar-refractivity contribution in [2.75, 3.05) is 6.54 Å². The van der Waals surface area contributed by atoms with Crippen molar-refractivity contribution in [1.29, 1.82) is 0 Å². The zero-order valence-electron chi connectivity index (χ0n) is 7.35. The number of aromatic hydroxyl groups is 1. The molecule has 74 valence electrons. The Balaban J connectivity index is 3.02. The highest BCUT2D eigenvalue weighted by molar-refractivity contribution is 5.40. The van der Waals surface area contributed by atoms with E-state index in [0.717, 1.165) is 6.07 Å². The molecule has 0 radical (unpaired) electrons. The maximum atomic E-state index is 13.0. The molecule has 0 aromatic heterocycles. The van der Waals surface area contributed by atoms with E-state index in [2.05, 4.69) is 11.8 Å². The SMILES string of the molecule is NCCC#Cc1ccc(O)c(F)c1F. The average Bonchev–Trinajstić information content (AvgIpc) is 2.18. The van der Waals surface area contributed by atoms with Gasteiger partial charge in [0, 0.05) is 13.0 Å². The molecule has 2 nitrogen and oxygen atoms in total. The van der Waals surface area contributed by atoms with E-state index in [0.29, 0.717) is 13.0 Å². The quantitative estimate of drug-likeness (QED) is 0.668. The van der Waals surface area contributed by atoms with Gasteiger partial charge >= 0.3 is 0 Å². The van der Waals surface area contributed by atoms with Crippen molar-refractivity contribution in [3.8, 4) is 17.6 Å². The highest BCUT2D eigenvalue weighted by Gasteiger charge is 2.10. The Hall–Kier alpha value is -1.60. The summed E-state index contributed by atoms with van der Waals surface area (Å²) in [5, 5.41) is 8.81. The summed E-state index contributed by atoms with van der Waals surface area (Å²) in [5.41, 5.74) is 5.10. The third-order valence-electron chi connectivity index (χ3n) is 1.55.